The van der Waals surface area contributed by atoms with Gasteiger partial charge in [-0.25, -0.2) is 13.4 Å². The number of fused-ring (bicyclic) bond motifs is 1. The van der Waals surface area contributed by atoms with Crippen LogP contribution in [0.4, 0.5) is 26.3 Å². The second-order valence-electron chi connectivity index (χ2n) is 8.83. The van der Waals surface area contributed by atoms with Crippen LogP contribution in [0.1, 0.15) is 43.7 Å². The number of alkyl halides is 6. The van der Waals surface area contributed by atoms with Gasteiger partial charge in [-0.15, -0.1) is 0 Å². The fourth-order valence-electron chi connectivity index (χ4n) is 4.19. The van der Waals surface area contributed by atoms with Crippen LogP contribution in [0.25, 0.3) is 22.3 Å². The third kappa shape index (κ3) is 3.86. The number of aromatic nitrogens is 2. The number of hydrogen-bond acceptors (Lipinski definition) is 3. The number of nitrogens with zero attached hydrogens (tertiary/aromatic N) is 2. The van der Waals surface area contributed by atoms with E-state index in [0.29, 0.717) is 22.3 Å². The number of halogens is 6. The van der Waals surface area contributed by atoms with E-state index in [-0.39, 0.29) is 23.8 Å². The molecule has 0 bridgehead atoms. The highest BCUT2D eigenvalue weighted by atomic mass is 32.2. The van der Waals surface area contributed by atoms with E-state index in [4.69, 9.17) is 0 Å². The number of rotatable bonds is 5. The van der Waals surface area contributed by atoms with Gasteiger partial charge in [-0.2, -0.15) is 31.1 Å². The summed E-state index contributed by atoms with van der Waals surface area (Å²) in [6, 6.07) is 7.91. The van der Waals surface area contributed by atoms with Crippen molar-refractivity contribution in [2.45, 2.75) is 60.9 Å². The summed E-state index contributed by atoms with van der Waals surface area (Å²) in [6.07, 6.45) is -6.45. The lowest BCUT2D eigenvalue weighted by Gasteiger charge is -2.29. The topological polar surface area (TPSA) is 64.0 Å². The molecule has 2 aromatic heterocycles. The number of nitrogens with one attached hydrogen (secondary N) is 1. The maximum absolute atomic E-state index is 13.2. The van der Waals surface area contributed by atoms with Crippen molar-refractivity contribution in [3.05, 3.63) is 48.2 Å². The molecule has 0 spiro atoms. The van der Waals surface area contributed by atoms with Crippen molar-refractivity contribution in [2.24, 2.45) is 0 Å². The summed E-state index contributed by atoms with van der Waals surface area (Å²) < 4.78 is 108. The first kappa shape index (κ1) is 23.2. The number of benzene rings is 1. The molecule has 0 amide bonds. The molecular weight excluding hydrogens is 484 g/mol. The number of sulfonamides is 1. The van der Waals surface area contributed by atoms with E-state index in [1.165, 1.54) is 24.3 Å². The van der Waals surface area contributed by atoms with Gasteiger partial charge in [-0.05, 0) is 61.9 Å². The van der Waals surface area contributed by atoms with E-state index in [1.807, 2.05) is 4.57 Å². The summed E-state index contributed by atoms with van der Waals surface area (Å²) in [5.74, 6) is 0. The van der Waals surface area contributed by atoms with Crippen LogP contribution in [0.2, 0.25) is 0 Å². The highest BCUT2D eigenvalue weighted by Crippen LogP contribution is 2.50. The maximum atomic E-state index is 13.2. The lowest BCUT2D eigenvalue weighted by molar-refractivity contribution is -0.160. The molecule has 2 aliphatic rings. The Bertz CT molecular complexity index is 1350. The fourth-order valence-corrected chi connectivity index (χ4v) is 5.64. The van der Waals surface area contributed by atoms with Crippen LogP contribution in [0.3, 0.4) is 0 Å². The summed E-state index contributed by atoms with van der Waals surface area (Å²) in [4.78, 5) is 3.73. The Hall–Kier alpha value is -2.60. The zero-order valence-corrected chi connectivity index (χ0v) is 18.4. The van der Waals surface area contributed by atoms with Crippen molar-refractivity contribution < 1.29 is 34.8 Å². The Kier molecular flexibility index (Phi) is 5.07. The Morgan fingerprint density at radius 2 is 1.65 bits per heavy atom. The van der Waals surface area contributed by atoms with Crippen LogP contribution in [0.15, 0.2) is 47.5 Å². The molecule has 0 saturated heterocycles. The van der Waals surface area contributed by atoms with Crippen LogP contribution < -0.4 is 4.72 Å². The summed E-state index contributed by atoms with van der Waals surface area (Å²) in [7, 11) is -4.42. The fraction of sp³-hybridized carbons (Fsp3) is 0.409. The van der Waals surface area contributed by atoms with Gasteiger partial charge >= 0.3 is 12.4 Å². The molecule has 0 aliphatic heterocycles. The molecule has 0 unspecified atom stereocenters. The van der Waals surface area contributed by atoms with Crippen LogP contribution >= 0.6 is 0 Å². The molecule has 3 aromatic rings. The Balaban J connectivity index is 1.51. The van der Waals surface area contributed by atoms with E-state index in [0.717, 1.165) is 31.5 Å². The molecular formula is C22H19F6N3O2S. The van der Waals surface area contributed by atoms with Gasteiger partial charge in [0, 0.05) is 17.6 Å². The van der Waals surface area contributed by atoms with Gasteiger partial charge < -0.3 is 4.57 Å². The molecule has 2 saturated carbocycles. The lowest BCUT2D eigenvalue weighted by atomic mass is 9.92. The van der Waals surface area contributed by atoms with Crippen molar-refractivity contribution >= 4 is 21.1 Å². The van der Waals surface area contributed by atoms with E-state index in [2.05, 4.69) is 4.98 Å². The van der Waals surface area contributed by atoms with Crippen molar-refractivity contribution in [3.8, 4) is 11.3 Å². The molecule has 2 fully saturated rings. The molecule has 182 valence electrons. The lowest BCUT2D eigenvalue weighted by Crippen LogP contribution is -2.47. The van der Waals surface area contributed by atoms with E-state index in [9.17, 15) is 34.8 Å². The van der Waals surface area contributed by atoms with Crippen LogP contribution in [0, 0.1) is 0 Å². The third-order valence-electron chi connectivity index (χ3n) is 6.52. The van der Waals surface area contributed by atoms with Gasteiger partial charge in [0.25, 0.3) is 0 Å². The zero-order chi connectivity index (χ0) is 24.5. The number of hydrogen-bond donors (Lipinski definition) is 1. The zero-order valence-electron chi connectivity index (χ0n) is 17.5. The van der Waals surface area contributed by atoms with E-state index < -0.39 is 33.5 Å². The van der Waals surface area contributed by atoms with Gasteiger partial charge in [0.2, 0.25) is 10.0 Å². The maximum Gasteiger partial charge on any atom is 0.417 e. The highest BCUT2D eigenvalue weighted by Gasteiger charge is 2.65. The second kappa shape index (κ2) is 7.45. The predicted octanol–water partition coefficient (Wildman–Crippen LogP) is 5.82. The second-order valence-corrected chi connectivity index (χ2v) is 10.5. The van der Waals surface area contributed by atoms with Crippen molar-refractivity contribution in [1.29, 1.82) is 0 Å². The monoisotopic (exact) mass is 503 g/mol. The first-order valence-corrected chi connectivity index (χ1v) is 12.1. The average molecular weight is 503 g/mol. The van der Waals surface area contributed by atoms with Crippen LogP contribution in [0.5, 0.6) is 0 Å². The minimum atomic E-state index is -4.69. The SMILES string of the molecule is O=S(=O)(NC1(C(F)(F)F)CC1)c1ccc(-c2cc3cc(C(F)(F)F)cnc3n2C2CCC2)cc1. The molecule has 2 heterocycles. The first-order chi connectivity index (χ1) is 15.8. The summed E-state index contributed by atoms with van der Waals surface area (Å²) in [5.41, 5.74) is -1.81. The minimum Gasteiger partial charge on any atom is -0.322 e. The normalized spacial score (nSPS) is 18.8. The van der Waals surface area contributed by atoms with Gasteiger partial charge in [0.1, 0.15) is 11.2 Å². The molecule has 0 atom stereocenters. The van der Waals surface area contributed by atoms with Gasteiger partial charge in [-0.3, -0.25) is 0 Å². The van der Waals surface area contributed by atoms with Crippen molar-refractivity contribution in [1.82, 2.24) is 14.3 Å². The van der Waals surface area contributed by atoms with Crippen molar-refractivity contribution in [3.63, 3.8) is 0 Å². The first-order valence-electron chi connectivity index (χ1n) is 10.6. The molecule has 34 heavy (non-hydrogen) atoms. The van der Waals surface area contributed by atoms with Crippen molar-refractivity contribution in [2.75, 3.05) is 0 Å². The van der Waals surface area contributed by atoms with Crippen LogP contribution in [-0.4, -0.2) is 29.7 Å². The van der Waals surface area contributed by atoms with Crippen LogP contribution in [-0.2, 0) is 16.2 Å². The Morgan fingerprint density at radius 3 is 2.15 bits per heavy atom. The quantitative estimate of drug-likeness (QED) is 0.447. The van der Waals surface area contributed by atoms with E-state index in [1.54, 1.807) is 10.8 Å². The summed E-state index contributed by atoms with van der Waals surface area (Å²) in [6.45, 7) is 0. The molecule has 2 aliphatic carbocycles. The summed E-state index contributed by atoms with van der Waals surface area (Å²) in [5, 5.41) is 0.302. The van der Waals surface area contributed by atoms with Gasteiger partial charge in [-0.1, -0.05) is 12.1 Å². The number of pyridine rings is 1. The summed E-state index contributed by atoms with van der Waals surface area (Å²) >= 11 is 0. The van der Waals surface area contributed by atoms with Gasteiger partial charge in [0.15, 0.2) is 0 Å². The van der Waals surface area contributed by atoms with E-state index >= 15 is 0 Å². The molecule has 1 N–H and O–H groups in total. The molecule has 5 rings (SSSR count). The minimum absolute atomic E-state index is 0.0447. The third-order valence-corrected chi connectivity index (χ3v) is 8.08. The molecule has 12 heteroatoms. The average Bonchev–Trinajstić information content (AvgIpc) is 3.40. The smallest absolute Gasteiger partial charge is 0.322 e. The molecule has 5 nitrogen and oxygen atoms in total. The molecule has 1 aromatic carbocycles. The largest absolute Gasteiger partial charge is 0.417 e. The Morgan fingerprint density at radius 1 is 1.00 bits per heavy atom. The Labute approximate surface area is 190 Å². The van der Waals surface area contributed by atoms with Gasteiger partial charge in [0.05, 0.1) is 16.2 Å². The highest BCUT2D eigenvalue weighted by molar-refractivity contribution is 7.89. The molecule has 0 radical (unpaired) electrons. The standard InChI is InChI=1S/C22H19F6N3O2S/c23-21(24,25)15-10-14-11-18(31(16-2-1-3-16)19(14)29-12-15)13-4-6-17(7-5-13)34(32,33)30-20(8-9-20)22(26,27)28/h4-7,10-12,16,30H,1-3,8-9H2. The predicted molar refractivity (Wildman–Crippen MR) is 111 cm³/mol.